The van der Waals surface area contributed by atoms with Crippen molar-refractivity contribution in [3.8, 4) is 11.1 Å². The lowest BCUT2D eigenvalue weighted by molar-refractivity contribution is -0.133. The molecule has 0 bridgehead atoms. The van der Waals surface area contributed by atoms with Crippen LogP contribution in [0.1, 0.15) is 89.9 Å². The van der Waals surface area contributed by atoms with E-state index in [2.05, 4.69) is 31.4 Å². The van der Waals surface area contributed by atoms with Crippen molar-refractivity contribution in [1.29, 1.82) is 0 Å². The summed E-state index contributed by atoms with van der Waals surface area (Å²) in [7, 11) is 0. The average Bonchev–Trinajstić information content (AvgIpc) is 3.52. The van der Waals surface area contributed by atoms with Crippen LogP contribution in [0.2, 0.25) is 0 Å². The van der Waals surface area contributed by atoms with Gasteiger partial charge in [0, 0.05) is 68.2 Å². The van der Waals surface area contributed by atoms with E-state index in [-0.39, 0.29) is 47.7 Å². The summed E-state index contributed by atoms with van der Waals surface area (Å²) in [5.41, 5.74) is 13.5. The maximum Gasteiger partial charge on any atom is 0.233 e. The topological polar surface area (TPSA) is 153 Å². The molecule has 0 aliphatic carbocycles. The SMILES string of the molecule is CC(=O)N[C@@H](CCCCN)C(=O)CCCNC(=O)CCSCC(=O)N(CCCN)[C@@H](c1cc(-c2cc(F)ccc2F)cn1Cc1ccccc1)C(C)(C)C. The first-order valence-electron chi connectivity index (χ1n) is 18.8. The summed E-state index contributed by atoms with van der Waals surface area (Å²) >= 11 is 1.37. The van der Waals surface area contributed by atoms with Crippen molar-refractivity contribution in [2.45, 2.75) is 91.3 Å². The fraction of sp³-hybridized carbons (Fsp3) is 0.512. The van der Waals surface area contributed by atoms with Crippen molar-refractivity contribution in [3.63, 3.8) is 0 Å². The minimum Gasteiger partial charge on any atom is -0.356 e. The number of nitrogens with zero attached hydrogens (tertiary/aromatic N) is 2. The van der Waals surface area contributed by atoms with Crippen LogP contribution in [0.4, 0.5) is 8.78 Å². The fourth-order valence-corrected chi connectivity index (χ4v) is 7.30. The summed E-state index contributed by atoms with van der Waals surface area (Å²) in [6, 6.07) is 14.1. The number of ketones is 1. The lowest BCUT2D eigenvalue weighted by Crippen LogP contribution is -2.44. The molecule has 0 saturated carbocycles. The number of nitrogens with two attached hydrogens (primary N) is 2. The van der Waals surface area contributed by atoms with Gasteiger partial charge in [-0.1, -0.05) is 51.1 Å². The number of halogens is 2. The number of unbranched alkanes of at least 4 members (excludes halogenated alkanes) is 1. The first-order valence-corrected chi connectivity index (χ1v) is 19.9. The van der Waals surface area contributed by atoms with Crippen LogP contribution >= 0.6 is 11.8 Å². The summed E-state index contributed by atoms with van der Waals surface area (Å²) in [4.78, 5) is 52.7. The van der Waals surface area contributed by atoms with Crippen molar-refractivity contribution in [2.24, 2.45) is 16.9 Å². The van der Waals surface area contributed by atoms with Crippen LogP contribution in [0.25, 0.3) is 11.1 Å². The zero-order valence-electron chi connectivity index (χ0n) is 32.2. The van der Waals surface area contributed by atoms with Crippen LogP contribution in [0.5, 0.6) is 0 Å². The van der Waals surface area contributed by atoms with E-state index in [4.69, 9.17) is 11.5 Å². The molecule has 1 heterocycles. The van der Waals surface area contributed by atoms with Crippen LogP contribution in [-0.2, 0) is 25.7 Å². The van der Waals surface area contributed by atoms with Gasteiger partial charge >= 0.3 is 0 Å². The predicted octanol–water partition coefficient (Wildman–Crippen LogP) is 5.97. The average molecular weight is 769 g/mol. The third kappa shape index (κ3) is 14.3. The van der Waals surface area contributed by atoms with E-state index in [0.29, 0.717) is 63.3 Å². The van der Waals surface area contributed by atoms with Crippen LogP contribution in [-0.4, -0.2) is 76.7 Å². The Bertz CT molecular complexity index is 1660. The molecule has 0 spiro atoms. The van der Waals surface area contributed by atoms with Gasteiger partial charge in [0.15, 0.2) is 5.78 Å². The smallest absolute Gasteiger partial charge is 0.233 e. The molecular formula is C41H58F2N6O4S. The standard InChI is InChI=1S/C41H58F2N6O4S/c1-29(50)47-35(14-8-9-19-44)37(51)15-10-21-46-38(52)18-23-54-28-39(53)49(22-11-20-45)40(41(2,3)4)36-24-31(33-25-32(42)16-17-34(33)43)27-48(36)26-30-12-6-5-7-13-30/h5-7,12-13,16-17,24-25,27,35,40H,8-11,14-15,18-23,26,28,44-45H2,1-4H3,(H,46,52)(H,47,50)/t35-,40-/m0/s1. The van der Waals surface area contributed by atoms with Gasteiger partial charge in [-0.15, -0.1) is 0 Å². The normalized spacial score (nSPS) is 12.6. The second-order valence-electron chi connectivity index (χ2n) is 14.6. The van der Waals surface area contributed by atoms with Crippen molar-refractivity contribution < 1.29 is 28.0 Å². The number of amides is 3. The predicted molar refractivity (Wildman–Crippen MR) is 213 cm³/mol. The molecule has 3 rings (SSSR count). The number of hydrogen-bond acceptors (Lipinski definition) is 7. The van der Waals surface area contributed by atoms with Crippen molar-refractivity contribution in [3.05, 3.63) is 83.7 Å². The van der Waals surface area contributed by atoms with E-state index in [9.17, 15) is 23.6 Å². The molecule has 296 valence electrons. The molecule has 54 heavy (non-hydrogen) atoms. The molecule has 2 aromatic carbocycles. The number of thioether (sulfide) groups is 1. The van der Waals surface area contributed by atoms with Gasteiger partial charge in [-0.05, 0) is 80.4 Å². The minimum absolute atomic E-state index is 0.0667. The summed E-state index contributed by atoms with van der Waals surface area (Å²) < 4.78 is 31.4. The summed E-state index contributed by atoms with van der Waals surface area (Å²) in [6.45, 7) is 9.63. The molecule has 0 unspecified atom stereocenters. The van der Waals surface area contributed by atoms with Crippen molar-refractivity contribution in [1.82, 2.24) is 20.1 Å². The number of aromatic nitrogens is 1. The Morgan fingerprint density at radius 3 is 2.31 bits per heavy atom. The number of benzene rings is 2. The highest BCUT2D eigenvalue weighted by molar-refractivity contribution is 7.99. The van der Waals surface area contributed by atoms with Gasteiger partial charge in [0.2, 0.25) is 17.7 Å². The van der Waals surface area contributed by atoms with Gasteiger partial charge in [-0.25, -0.2) is 8.78 Å². The largest absolute Gasteiger partial charge is 0.356 e. The number of nitrogens with one attached hydrogen (secondary N) is 2. The minimum atomic E-state index is -0.548. The van der Waals surface area contributed by atoms with Crippen LogP contribution in [0.3, 0.4) is 0 Å². The molecule has 0 aliphatic heterocycles. The zero-order chi connectivity index (χ0) is 39.7. The van der Waals surface area contributed by atoms with E-state index in [1.54, 1.807) is 0 Å². The molecule has 0 radical (unpaired) electrons. The zero-order valence-corrected chi connectivity index (χ0v) is 33.0. The first-order chi connectivity index (χ1) is 25.7. The van der Waals surface area contributed by atoms with Gasteiger partial charge in [0.25, 0.3) is 0 Å². The third-order valence-corrected chi connectivity index (χ3v) is 9.98. The van der Waals surface area contributed by atoms with E-state index in [1.807, 2.05) is 52.1 Å². The Balaban J connectivity index is 1.69. The Morgan fingerprint density at radius 1 is 0.926 bits per heavy atom. The van der Waals surface area contributed by atoms with Gasteiger partial charge in [-0.2, -0.15) is 11.8 Å². The highest BCUT2D eigenvalue weighted by atomic mass is 32.2. The van der Waals surface area contributed by atoms with Crippen molar-refractivity contribution >= 4 is 35.3 Å². The highest BCUT2D eigenvalue weighted by Gasteiger charge is 2.37. The summed E-state index contributed by atoms with van der Waals surface area (Å²) in [5.74, 6) is -1.14. The molecule has 0 saturated heterocycles. The Morgan fingerprint density at radius 2 is 1.65 bits per heavy atom. The number of hydrogen-bond donors (Lipinski definition) is 4. The highest BCUT2D eigenvalue weighted by Crippen LogP contribution is 2.41. The lowest BCUT2D eigenvalue weighted by Gasteiger charge is -2.41. The van der Waals surface area contributed by atoms with Crippen LogP contribution in [0.15, 0.2) is 60.8 Å². The number of rotatable bonds is 23. The molecule has 6 N–H and O–H groups in total. The van der Waals surface area contributed by atoms with Crippen LogP contribution in [0, 0.1) is 17.0 Å². The summed E-state index contributed by atoms with van der Waals surface area (Å²) in [5, 5.41) is 5.56. The number of carbonyl (C=O) groups is 4. The van der Waals surface area contributed by atoms with E-state index >= 15 is 4.39 Å². The monoisotopic (exact) mass is 768 g/mol. The lowest BCUT2D eigenvalue weighted by atomic mass is 9.83. The number of carbonyl (C=O) groups excluding carboxylic acids is 4. The molecule has 1 aromatic heterocycles. The Kier molecular flexibility index (Phi) is 18.3. The first kappa shape index (κ1) is 44.3. The van der Waals surface area contributed by atoms with Gasteiger partial charge in [-0.3, -0.25) is 19.2 Å². The second-order valence-corrected chi connectivity index (χ2v) is 15.8. The maximum absolute atomic E-state index is 15.1. The molecule has 3 aromatic rings. The fourth-order valence-electron chi connectivity index (χ4n) is 6.48. The molecular weight excluding hydrogens is 711 g/mol. The molecule has 0 fully saturated rings. The second kappa shape index (κ2) is 22.3. The van der Waals surface area contributed by atoms with E-state index < -0.39 is 29.1 Å². The maximum atomic E-state index is 15.1. The molecule has 3 amide bonds. The Hall–Kier alpha value is -4.07. The molecule has 10 nitrogen and oxygen atoms in total. The van der Waals surface area contributed by atoms with Gasteiger partial charge in [0.1, 0.15) is 11.6 Å². The molecule has 2 atom stereocenters. The number of Topliss-reactive ketones (excluding diaryl/α,β-unsaturated/α-hetero) is 1. The van der Waals surface area contributed by atoms with Crippen LogP contribution < -0.4 is 22.1 Å². The molecule has 13 heteroatoms. The van der Waals surface area contributed by atoms with Gasteiger partial charge in [0.05, 0.1) is 17.8 Å². The Labute approximate surface area is 323 Å². The van der Waals surface area contributed by atoms with Gasteiger partial charge < -0.3 is 31.6 Å². The summed E-state index contributed by atoms with van der Waals surface area (Å²) in [6.07, 6.45) is 5.33. The van der Waals surface area contributed by atoms with E-state index in [1.165, 1.54) is 24.8 Å². The molecule has 0 aliphatic rings. The quantitative estimate of drug-likeness (QED) is 0.0869. The van der Waals surface area contributed by atoms with Crippen molar-refractivity contribution in [2.75, 3.05) is 37.7 Å². The van der Waals surface area contributed by atoms with E-state index in [0.717, 1.165) is 36.2 Å². The third-order valence-electron chi connectivity index (χ3n) is 9.03.